The van der Waals surface area contributed by atoms with Gasteiger partial charge in [-0.25, -0.2) is 18.0 Å². The maximum Gasteiger partial charge on any atom is 0.341 e. The van der Waals surface area contributed by atoms with E-state index in [1.807, 2.05) is 0 Å². The third-order valence-corrected chi connectivity index (χ3v) is 2.67. The zero-order valence-electron chi connectivity index (χ0n) is 12.0. The van der Waals surface area contributed by atoms with Crippen molar-refractivity contribution in [1.29, 1.82) is 0 Å². The molecule has 0 aliphatic heterocycles. The quantitative estimate of drug-likeness (QED) is 0.316. The van der Waals surface area contributed by atoms with E-state index >= 15 is 0 Å². The number of esters is 1. The van der Waals surface area contributed by atoms with E-state index in [1.165, 1.54) is 13.0 Å². The Kier molecular flexibility index (Phi) is 6.62. The second-order valence-corrected chi connectivity index (χ2v) is 4.50. The molecule has 0 N–H and O–H groups in total. The number of benzene rings is 1. The van der Waals surface area contributed by atoms with Gasteiger partial charge in [0.1, 0.15) is 19.0 Å². The molecular formula is C14H13F5O4. The topological polar surface area (TPSA) is 52.6 Å². The maximum atomic E-state index is 13.6. The molecule has 0 amide bonds. The number of alkyl halides is 4. The van der Waals surface area contributed by atoms with Gasteiger partial charge in [-0.15, -0.1) is 0 Å². The minimum atomic E-state index is -4.29. The molecule has 1 aromatic rings. The van der Waals surface area contributed by atoms with Crippen LogP contribution in [0.25, 0.3) is 0 Å². The van der Waals surface area contributed by atoms with Crippen molar-refractivity contribution in [3.63, 3.8) is 0 Å². The van der Waals surface area contributed by atoms with Crippen LogP contribution < -0.4 is 0 Å². The smallest absolute Gasteiger partial charge is 0.341 e. The summed E-state index contributed by atoms with van der Waals surface area (Å²) >= 11 is 0. The minimum absolute atomic E-state index is 0.0663. The third-order valence-electron chi connectivity index (χ3n) is 2.67. The van der Waals surface area contributed by atoms with Gasteiger partial charge in [-0.2, -0.15) is 8.78 Å². The van der Waals surface area contributed by atoms with E-state index in [-0.39, 0.29) is 5.56 Å². The van der Waals surface area contributed by atoms with E-state index in [0.29, 0.717) is 0 Å². The fourth-order valence-electron chi connectivity index (χ4n) is 1.44. The Balaban J connectivity index is 2.45. The standard InChI is InChI=1S/C14H13F5O4/c1-8(20)9-2-3-10(11(15)6-9)12(21)23-5-4-22-7-14(18,19)13(16)17/h2-3,6,13H,4-5,7H2,1H3. The zero-order valence-corrected chi connectivity index (χ0v) is 12.0. The first kappa shape index (κ1) is 19.0. The lowest BCUT2D eigenvalue weighted by atomic mass is 10.1. The SMILES string of the molecule is CC(=O)c1ccc(C(=O)OCCOCC(F)(F)C(F)F)c(F)c1. The highest BCUT2D eigenvalue weighted by molar-refractivity contribution is 5.96. The Bertz CT molecular complexity index is 574. The summed E-state index contributed by atoms with van der Waals surface area (Å²) in [6.45, 7) is -1.38. The summed E-state index contributed by atoms with van der Waals surface area (Å²) in [6.07, 6.45) is -3.86. The Labute approximate surface area is 128 Å². The highest BCUT2D eigenvalue weighted by atomic mass is 19.3. The van der Waals surface area contributed by atoms with Crippen molar-refractivity contribution >= 4 is 11.8 Å². The van der Waals surface area contributed by atoms with Crippen LogP contribution in [0.4, 0.5) is 22.0 Å². The third kappa shape index (κ3) is 5.59. The number of hydrogen-bond donors (Lipinski definition) is 0. The molecule has 1 rings (SSSR count). The highest BCUT2D eigenvalue weighted by Gasteiger charge is 2.40. The summed E-state index contributed by atoms with van der Waals surface area (Å²) in [4.78, 5) is 22.6. The number of carbonyl (C=O) groups excluding carboxylic acids is 2. The van der Waals surface area contributed by atoms with E-state index < -0.39 is 55.3 Å². The molecule has 1 aromatic carbocycles. The van der Waals surface area contributed by atoms with Gasteiger partial charge in [0, 0.05) is 5.56 Å². The molecule has 0 atom stereocenters. The van der Waals surface area contributed by atoms with Crippen LogP contribution in [0.2, 0.25) is 0 Å². The molecule has 23 heavy (non-hydrogen) atoms. The number of hydrogen-bond acceptors (Lipinski definition) is 4. The van der Waals surface area contributed by atoms with Gasteiger partial charge in [-0.1, -0.05) is 6.07 Å². The number of carbonyl (C=O) groups is 2. The van der Waals surface area contributed by atoms with Gasteiger partial charge in [-0.05, 0) is 19.1 Å². The van der Waals surface area contributed by atoms with Crippen LogP contribution >= 0.6 is 0 Å². The van der Waals surface area contributed by atoms with Crippen LogP contribution in [0.3, 0.4) is 0 Å². The monoisotopic (exact) mass is 340 g/mol. The van der Waals surface area contributed by atoms with E-state index in [4.69, 9.17) is 0 Å². The van der Waals surface area contributed by atoms with Gasteiger partial charge >= 0.3 is 18.3 Å². The van der Waals surface area contributed by atoms with Crippen molar-refractivity contribution < 1.29 is 41.0 Å². The number of ketones is 1. The molecule has 0 fully saturated rings. The molecule has 0 unspecified atom stereocenters. The second kappa shape index (κ2) is 8.00. The molecule has 0 saturated carbocycles. The second-order valence-electron chi connectivity index (χ2n) is 4.50. The van der Waals surface area contributed by atoms with E-state index in [2.05, 4.69) is 9.47 Å². The highest BCUT2D eigenvalue weighted by Crippen LogP contribution is 2.22. The fraction of sp³-hybridized carbons (Fsp3) is 0.429. The lowest BCUT2D eigenvalue weighted by molar-refractivity contribution is -0.167. The summed E-state index contributed by atoms with van der Waals surface area (Å²) in [5, 5.41) is 0. The maximum absolute atomic E-state index is 13.6. The molecule has 0 radical (unpaired) electrons. The van der Waals surface area contributed by atoms with Crippen molar-refractivity contribution in [2.45, 2.75) is 19.3 Å². The van der Waals surface area contributed by atoms with E-state index in [9.17, 15) is 31.5 Å². The molecule has 4 nitrogen and oxygen atoms in total. The number of Topliss-reactive ketones (excluding diaryl/α,β-unsaturated/α-hetero) is 1. The summed E-state index contributed by atoms with van der Waals surface area (Å²) in [5.74, 6) is -6.76. The van der Waals surface area contributed by atoms with Crippen LogP contribution in [0.1, 0.15) is 27.6 Å². The predicted molar refractivity (Wildman–Crippen MR) is 68.5 cm³/mol. The fourth-order valence-corrected chi connectivity index (χ4v) is 1.44. The first-order valence-corrected chi connectivity index (χ1v) is 6.36. The van der Waals surface area contributed by atoms with Gasteiger partial charge in [0.25, 0.3) is 0 Å². The van der Waals surface area contributed by atoms with Gasteiger partial charge < -0.3 is 9.47 Å². The number of rotatable bonds is 8. The molecule has 128 valence electrons. The van der Waals surface area contributed by atoms with Crippen molar-refractivity contribution in [2.24, 2.45) is 0 Å². The Morgan fingerprint density at radius 3 is 2.39 bits per heavy atom. The largest absolute Gasteiger partial charge is 0.460 e. The molecule has 0 bridgehead atoms. The molecule has 9 heteroatoms. The normalized spacial score (nSPS) is 11.6. The average molecular weight is 340 g/mol. The molecule has 0 aliphatic carbocycles. The predicted octanol–water partition coefficient (Wildman–Crippen LogP) is 3.10. The lowest BCUT2D eigenvalue weighted by Crippen LogP contribution is -2.33. The Hall–Kier alpha value is -2.03. The van der Waals surface area contributed by atoms with Gasteiger partial charge in [0.05, 0.1) is 12.2 Å². The lowest BCUT2D eigenvalue weighted by Gasteiger charge is -2.15. The average Bonchev–Trinajstić information content (AvgIpc) is 2.46. The molecule has 0 spiro atoms. The molecule has 0 aliphatic rings. The minimum Gasteiger partial charge on any atom is -0.460 e. The summed E-state index contributed by atoms with van der Waals surface area (Å²) < 4.78 is 71.1. The van der Waals surface area contributed by atoms with E-state index in [0.717, 1.165) is 12.1 Å². The van der Waals surface area contributed by atoms with Gasteiger partial charge in [0.2, 0.25) is 0 Å². The summed E-state index contributed by atoms with van der Waals surface area (Å²) in [7, 11) is 0. The first-order chi connectivity index (χ1) is 10.6. The van der Waals surface area contributed by atoms with Crippen LogP contribution in [0.5, 0.6) is 0 Å². The molecule has 0 saturated heterocycles. The number of ether oxygens (including phenoxy) is 2. The van der Waals surface area contributed by atoms with Crippen molar-refractivity contribution in [2.75, 3.05) is 19.8 Å². The first-order valence-electron chi connectivity index (χ1n) is 6.36. The number of halogens is 5. The summed E-state index contributed by atoms with van der Waals surface area (Å²) in [6, 6.07) is 3.13. The summed E-state index contributed by atoms with van der Waals surface area (Å²) in [5.41, 5.74) is -0.385. The van der Waals surface area contributed by atoms with Crippen LogP contribution in [0, 0.1) is 5.82 Å². The van der Waals surface area contributed by atoms with Gasteiger partial charge in [-0.3, -0.25) is 4.79 Å². The Morgan fingerprint density at radius 1 is 1.22 bits per heavy atom. The zero-order chi connectivity index (χ0) is 17.6. The molecule has 0 heterocycles. The molecular weight excluding hydrogens is 327 g/mol. The van der Waals surface area contributed by atoms with Crippen molar-refractivity contribution in [3.8, 4) is 0 Å². The van der Waals surface area contributed by atoms with Crippen LogP contribution in [-0.4, -0.2) is 43.9 Å². The van der Waals surface area contributed by atoms with Crippen LogP contribution in [-0.2, 0) is 9.47 Å². The van der Waals surface area contributed by atoms with Crippen molar-refractivity contribution in [3.05, 3.63) is 35.1 Å². The van der Waals surface area contributed by atoms with Crippen LogP contribution in [0.15, 0.2) is 18.2 Å². The van der Waals surface area contributed by atoms with Gasteiger partial charge in [0.15, 0.2) is 5.78 Å². The van der Waals surface area contributed by atoms with Crippen molar-refractivity contribution in [1.82, 2.24) is 0 Å². The molecule has 0 aromatic heterocycles. The van der Waals surface area contributed by atoms with E-state index in [1.54, 1.807) is 0 Å². The Morgan fingerprint density at radius 2 is 1.87 bits per heavy atom.